The summed E-state index contributed by atoms with van der Waals surface area (Å²) < 4.78 is 5.18. The molecule has 0 bridgehead atoms. The van der Waals surface area contributed by atoms with Gasteiger partial charge in [0.25, 0.3) is 0 Å². The average Bonchev–Trinajstić information content (AvgIpc) is 2.41. The van der Waals surface area contributed by atoms with Gasteiger partial charge in [-0.2, -0.15) is 0 Å². The summed E-state index contributed by atoms with van der Waals surface area (Å²) in [5, 5.41) is 0. The van der Waals surface area contributed by atoms with Crippen molar-refractivity contribution in [3.63, 3.8) is 0 Å². The van der Waals surface area contributed by atoms with Crippen LogP contribution in [0.3, 0.4) is 0 Å². The molecule has 0 aliphatic heterocycles. The number of nitrogens with two attached hydrogens (primary N) is 1. The van der Waals surface area contributed by atoms with E-state index in [1.54, 1.807) is 7.11 Å². The van der Waals surface area contributed by atoms with Gasteiger partial charge in [-0.25, -0.2) is 0 Å². The number of benzene rings is 1. The number of ketones is 1. The van der Waals surface area contributed by atoms with Crippen molar-refractivity contribution in [2.75, 3.05) is 13.7 Å². The van der Waals surface area contributed by atoms with Crippen molar-refractivity contribution in [2.45, 2.75) is 47.0 Å². The summed E-state index contributed by atoms with van der Waals surface area (Å²) in [7, 11) is 1.64. The Morgan fingerprint density at radius 1 is 1.29 bits per heavy atom. The number of hydrogen-bond donors (Lipinski definition) is 1. The van der Waals surface area contributed by atoms with E-state index in [1.165, 1.54) is 0 Å². The topological polar surface area (TPSA) is 52.3 Å². The molecule has 1 unspecified atom stereocenters. The summed E-state index contributed by atoms with van der Waals surface area (Å²) >= 11 is 0. The number of methoxy groups -OCH3 is 1. The molecule has 0 heterocycles. The largest absolute Gasteiger partial charge is 0.497 e. The number of carbonyl (C=O) groups excluding carboxylic acids is 1. The van der Waals surface area contributed by atoms with Crippen LogP contribution < -0.4 is 10.5 Å². The first-order valence-corrected chi connectivity index (χ1v) is 7.67. The smallest absolute Gasteiger partial charge is 0.163 e. The fourth-order valence-electron chi connectivity index (χ4n) is 2.73. The van der Waals surface area contributed by atoms with Crippen molar-refractivity contribution in [3.05, 3.63) is 29.3 Å². The maximum atomic E-state index is 12.4. The molecule has 0 saturated heterocycles. The van der Waals surface area contributed by atoms with E-state index < -0.39 is 0 Å². The van der Waals surface area contributed by atoms with Gasteiger partial charge in [0.05, 0.1) is 7.11 Å². The number of ether oxygens (including phenoxy) is 1. The Kier molecular flexibility index (Phi) is 6.41. The van der Waals surface area contributed by atoms with E-state index in [1.807, 2.05) is 25.1 Å². The molecule has 2 N–H and O–H groups in total. The van der Waals surface area contributed by atoms with E-state index in [0.29, 0.717) is 18.9 Å². The molecule has 0 aliphatic carbocycles. The van der Waals surface area contributed by atoms with Crippen LogP contribution in [0.15, 0.2) is 18.2 Å². The lowest BCUT2D eigenvalue weighted by atomic mass is 9.75. The number of Topliss-reactive ketones (excluding diaryl/α,β-unsaturated/α-hetero) is 1. The van der Waals surface area contributed by atoms with Gasteiger partial charge in [-0.1, -0.05) is 20.8 Å². The molecule has 0 saturated carbocycles. The third-order valence-corrected chi connectivity index (χ3v) is 4.19. The van der Waals surface area contributed by atoms with Crippen molar-refractivity contribution in [2.24, 2.45) is 17.1 Å². The van der Waals surface area contributed by atoms with E-state index in [-0.39, 0.29) is 11.2 Å². The molecule has 21 heavy (non-hydrogen) atoms. The summed E-state index contributed by atoms with van der Waals surface area (Å²) in [6.45, 7) is 9.29. The quantitative estimate of drug-likeness (QED) is 0.773. The average molecular weight is 291 g/mol. The summed E-state index contributed by atoms with van der Waals surface area (Å²) in [6, 6.07) is 5.63. The maximum Gasteiger partial charge on any atom is 0.163 e. The Hall–Kier alpha value is -1.35. The molecule has 1 atom stereocenters. The standard InChI is InChI=1S/C18H29NO2/c1-13-12-15(21-5)7-8-16(13)17(20)9-6-14(10-11-19)18(2,3)4/h7-8,12,14H,6,9-11,19H2,1-5H3. The van der Waals surface area contributed by atoms with Crippen molar-refractivity contribution < 1.29 is 9.53 Å². The molecule has 3 nitrogen and oxygen atoms in total. The minimum absolute atomic E-state index is 0.189. The van der Waals surface area contributed by atoms with Crippen LogP contribution >= 0.6 is 0 Å². The number of rotatable bonds is 7. The maximum absolute atomic E-state index is 12.4. The Morgan fingerprint density at radius 2 is 1.95 bits per heavy atom. The fourth-order valence-corrected chi connectivity index (χ4v) is 2.73. The van der Waals surface area contributed by atoms with Gasteiger partial charge in [0, 0.05) is 12.0 Å². The summed E-state index contributed by atoms with van der Waals surface area (Å²) in [6.07, 6.45) is 2.44. The van der Waals surface area contributed by atoms with Crippen LogP contribution in [0.2, 0.25) is 0 Å². The van der Waals surface area contributed by atoms with Crippen molar-refractivity contribution in [1.82, 2.24) is 0 Å². The van der Waals surface area contributed by atoms with Crippen LogP contribution in [0.1, 0.15) is 56.0 Å². The lowest BCUT2D eigenvalue weighted by Gasteiger charge is -2.30. The molecular formula is C18H29NO2. The van der Waals surface area contributed by atoms with E-state index in [9.17, 15) is 4.79 Å². The predicted octanol–water partition coefficient (Wildman–Crippen LogP) is 3.98. The van der Waals surface area contributed by atoms with Gasteiger partial charge >= 0.3 is 0 Å². The normalized spacial score (nSPS) is 13.0. The first-order chi connectivity index (χ1) is 9.79. The van der Waals surface area contributed by atoms with Crippen molar-refractivity contribution in [1.29, 1.82) is 0 Å². The zero-order valence-corrected chi connectivity index (χ0v) is 14.0. The molecule has 3 heteroatoms. The summed E-state index contributed by atoms with van der Waals surface area (Å²) in [4.78, 5) is 12.4. The lowest BCUT2D eigenvalue weighted by molar-refractivity contribution is 0.0957. The van der Waals surface area contributed by atoms with Gasteiger partial charge in [-0.3, -0.25) is 4.79 Å². The van der Waals surface area contributed by atoms with E-state index in [2.05, 4.69) is 20.8 Å². The Labute approximate surface area is 128 Å². The van der Waals surface area contributed by atoms with Gasteiger partial charge in [0.2, 0.25) is 0 Å². The van der Waals surface area contributed by atoms with Crippen LogP contribution in [0, 0.1) is 18.3 Å². The zero-order chi connectivity index (χ0) is 16.0. The highest BCUT2D eigenvalue weighted by molar-refractivity contribution is 5.97. The van der Waals surface area contributed by atoms with Crippen LogP contribution in [-0.2, 0) is 0 Å². The minimum atomic E-state index is 0.189. The van der Waals surface area contributed by atoms with Crippen molar-refractivity contribution in [3.8, 4) is 5.75 Å². The summed E-state index contributed by atoms with van der Waals surface area (Å²) in [5.74, 6) is 1.48. The third-order valence-electron chi connectivity index (χ3n) is 4.19. The van der Waals surface area contributed by atoms with E-state index >= 15 is 0 Å². The van der Waals surface area contributed by atoms with Gasteiger partial charge in [0.15, 0.2) is 5.78 Å². The van der Waals surface area contributed by atoms with Crippen LogP contribution in [0.25, 0.3) is 0 Å². The first kappa shape index (κ1) is 17.7. The highest BCUT2D eigenvalue weighted by Gasteiger charge is 2.24. The first-order valence-electron chi connectivity index (χ1n) is 7.67. The summed E-state index contributed by atoms with van der Waals surface area (Å²) in [5.41, 5.74) is 7.67. The second kappa shape index (κ2) is 7.60. The molecule has 1 aromatic rings. The van der Waals surface area contributed by atoms with Gasteiger partial charge in [0.1, 0.15) is 5.75 Å². The van der Waals surface area contributed by atoms with Crippen molar-refractivity contribution >= 4 is 5.78 Å². The SMILES string of the molecule is COc1ccc(C(=O)CCC(CCN)C(C)(C)C)c(C)c1. The molecule has 0 fully saturated rings. The second-order valence-corrected chi connectivity index (χ2v) is 6.78. The zero-order valence-electron chi connectivity index (χ0n) is 14.0. The molecule has 0 radical (unpaired) electrons. The van der Waals surface area contributed by atoms with Gasteiger partial charge in [-0.15, -0.1) is 0 Å². The molecule has 0 aromatic heterocycles. The Balaban J connectivity index is 2.72. The molecule has 0 spiro atoms. The number of hydrogen-bond acceptors (Lipinski definition) is 3. The second-order valence-electron chi connectivity index (χ2n) is 6.78. The molecular weight excluding hydrogens is 262 g/mol. The molecule has 1 aromatic carbocycles. The molecule has 0 amide bonds. The van der Waals surface area contributed by atoms with Crippen LogP contribution in [0.5, 0.6) is 5.75 Å². The predicted molar refractivity (Wildman–Crippen MR) is 87.9 cm³/mol. The Bertz CT molecular complexity index is 475. The monoisotopic (exact) mass is 291 g/mol. The molecule has 0 aliphatic rings. The Morgan fingerprint density at radius 3 is 2.43 bits per heavy atom. The van der Waals surface area contributed by atoms with E-state index in [0.717, 1.165) is 29.7 Å². The minimum Gasteiger partial charge on any atom is -0.497 e. The molecule has 1 rings (SSSR count). The van der Waals surface area contributed by atoms with Crippen LogP contribution in [0.4, 0.5) is 0 Å². The van der Waals surface area contributed by atoms with E-state index in [4.69, 9.17) is 10.5 Å². The van der Waals surface area contributed by atoms with Gasteiger partial charge in [-0.05, 0) is 61.4 Å². The fraction of sp³-hybridized carbons (Fsp3) is 0.611. The van der Waals surface area contributed by atoms with Gasteiger partial charge < -0.3 is 10.5 Å². The third kappa shape index (κ3) is 5.16. The molecule has 118 valence electrons. The number of carbonyl (C=O) groups is 1. The van der Waals surface area contributed by atoms with Crippen LogP contribution in [-0.4, -0.2) is 19.4 Å². The number of aryl methyl sites for hydroxylation is 1. The highest BCUT2D eigenvalue weighted by atomic mass is 16.5. The highest BCUT2D eigenvalue weighted by Crippen LogP contribution is 2.32. The lowest BCUT2D eigenvalue weighted by Crippen LogP contribution is -2.24.